The molecule has 0 radical (unpaired) electrons. The molecule has 3 nitrogen and oxygen atoms in total. The van der Waals surface area contributed by atoms with Crippen molar-refractivity contribution in [3.05, 3.63) is 16.6 Å². The van der Waals surface area contributed by atoms with E-state index in [1.54, 1.807) is 11.3 Å². The van der Waals surface area contributed by atoms with Crippen LogP contribution < -0.4 is 5.32 Å². The Morgan fingerprint density at radius 2 is 2.54 bits per heavy atom. The Hall–Kier alpha value is -0.900. The Bertz CT molecular complexity index is 280. The summed E-state index contributed by atoms with van der Waals surface area (Å²) in [5, 5.41) is 4.93. The lowest BCUT2D eigenvalue weighted by Crippen LogP contribution is -2.26. The zero-order chi connectivity index (χ0) is 9.10. The lowest BCUT2D eigenvalue weighted by atomic mass is 10.3. The van der Waals surface area contributed by atoms with Crippen LogP contribution in [0, 0.1) is 5.92 Å². The number of carbonyl (C=O) groups excluding carboxylic acids is 1. The Labute approximate surface area is 81.2 Å². The van der Waals surface area contributed by atoms with Crippen LogP contribution in [0.4, 0.5) is 0 Å². The summed E-state index contributed by atoms with van der Waals surface area (Å²) in [6.07, 6.45) is 2.99. The third-order valence-electron chi connectivity index (χ3n) is 2.11. The highest BCUT2D eigenvalue weighted by Crippen LogP contribution is 2.28. The van der Waals surface area contributed by atoms with E-state index >= 15 is 0 Å². The maximum absolute atomic E-state index is 11.2. The summed E-state index contributed by atoms with van der Waals surface area (Å²) in [7, 11) is 0. The first-order chi connectivity index (χ1) is 6.36. The van der Waals surface area contributed by atoms with Crippen LogP contribution in [0.25, 0.3) is 0 Å². The smallest absolute Gasteiger partial charge is 0.223 e. The summed E-state index contributed by atoms with van der Waals surface area (Å²) in [4.78, 5) is 15.3. The molecule has 1 saturated carbocycles. The fourth-order valence-electron chi connectivity index (χ4n) is 1.16. The van der Waals surface area contributed by atoms with Gasteiger partial charge in [-0.2, -0.15) is 0 Å². The fraction of sp³-hybridized carbons (Fsp3) is 0.556. The molecule has 0 unspecified atom stereocenters. The first-order valence-corrected chi connectivity index (χ1v) is 5.45. The van der Waals surface area contributed by atoms with Gasteiger partial charge in [0.1, 0.15) is 0 Å². The summed E-state index contributed by atoms with van der Waals surface area (Å²) >= 11 is 1.59. The van der Waals surface area contributed by atoms with Gasteiger partial charge in [-0.1, -0.05) is 0 Å². The number of thiazole rings is 1. The average Bonchev–Trinajstić information content (AvgIpc) is 2.86. The molecule has 1 N–H and O–H groups in total. The third-order valence-corrected chi connectivity index (χ3v) is 2.75. The molecule has 1 fully saturated rings. The summed E-state index contributed by atoms with van der Waals surface area (Å²) in [5.74, 6) is 0.533. The van der Waals surface area contributed by atoms with Gasteiger partial charge in [-0.3, -0.25) is 4.79 Å². The quantitative estimate of drug-likeness (QED) is 0.786. The molecule has 1 aliphatic carbocycles. The molecule has 70 valence electrons. The number of nitrogens with one attached hydrogen (secondary N) is 1. The van der Waals surface area contributed by atoms with E-state index in [1.165, 1.54) is 0 Å². The SMILES string of the molecule is O=C(NCCc1cscn1)C1CC1. The van der Waals surface area contributed by atoms with Gasteiger partial charge in [0.15, 0.2) is 0 Å². The molecule has 1 heterocycles. The van der Waals surface area contributed by atoms with E-state index in [9.17, 15) is 4.79 Å². The topological polar surface area (TPSA) is 42.0 Å². The highest BCUT2D eigenvalue weighted by molar-refractivity contribution is 7.07. The molecule has 1 aliphatic rings. The Balaban J connectivity index is 1.66. The van der Waals surface area contributed by atoms with E-state index in [2.05, 4.69) is 10.3 Å². The molecule has 0 saturated heterocycles. The molecular formula is C9H12N2OS. The van der Waals surface area contributed by atoms with Crippen LogP contribution in [-0.4, -0.2) is 17.4 Å². The zero-order valence-corrected chi connectivity index (χ0v) is 8.14. The van der Waals surface area contributed by atoms with E-state index in [0.29, 0.717) is 5.92 Å². The molecule has 0 aliphatic heterocycles. The predicted octanol–water partition coefficient (Wildman–Crippen LogP) is 1.21. The Kier molecular flexibility index (Phi) is 2.59. The number of nitrogens with zero attached hydrogens (tertiary/aromatic N) is 1. The summed E-state index contributed by atoms with van der Waals surface area (Å²) in [6.45, 7) is 0.721. The van der Waals surface area contributed by atoms with E-state index < -0.39 is 0 Å². The second kappa shape index (κ2) is 3.87. The van der Waals surface area contributed by atoms with Crippen LogP contribution in [0.5, 0.6) is 0 Å². The summed E-state index contributed by atoms with van der Waals surface area (Å²) in [6, 6.07) is 0. The Morgan fingerprint density at radius 3 is 3.15 bits per heavy atom. The van der Waals surface area contributed by atoms with E-state index in [4.69, 9.17) is 0 Å². The molecule has 0 spiro atoms. The molecule has 4 heteroatoms. The van der Waals surface area contributed by atoms with Gasteiger partial charge >= 0.3 is 0 Å². The minimum Gasteiger partial charge on any atom is -0.355 e. The van der Waals surface area contributed by atoms with E-state index in [1.807, 2.05) is 10.9 Å². The van der Waals surface area contributed by atoms with Crippen molar-refractivity contribution in [2.75, 3.05) is 6.54 Å². The number of rotatable bonds is 4. The van der Waals surface area contributed by atoms with Crippen LogP contribution in [0.1, 0.15) is 18.5 Å². The van der Waals surface area contributed by atoms with Crippen molar-refractivity contribution >= 4 is 17.2 Å². The monoisotopic (exact) mass is 196 g/mol. The number of aromatic nitrogens is 1. The molecule has 2 rings (SSSR count). The second-order valence-corrected chi connectivity index (χ2v) is 4.01. The molecule has 0 bridgehead atoms. The second-order valence-electron chi connectivity index (χ2n) is 3.30. The van der Waals surface area contributed by atoms with E-state index in [0.717, 1.165) is 31.5 Å². The van der Waals surface area contributed by atoms with Gasteiger partial charge in [-0.05, 0) is 12.8 Å². The normalized spacial score (nSPS) is 15.7. The van der Waals surface area contributed by atoms with Gasteiger partial charge in [-0.15, -0.1) is 11.3 Å². The molecule has 1 amide bonds. The first-order valence-electron chi connectivity index (χ1n) is 4.51. The minimum atomic E-state index is 0.218. The first kappa shape index (κ1) is 8.69. The van der Waals surface area contributed by atoms with Gasteiger partial charge in [0, 0.05) is 24.3 Å². The molecule has 1 aromatic heterocycles. The molecule has 1 aromatic rings. The number of amides is 1. The van der Waals surface area contributed by atoms with Gasteiger partial charge in [-0.25, -0.2) is 4.98 Å². The van der Waals surface area contributed by atoms with E-state index in [-0.39, 0.29) is 5.91 Å². The minimum absolute atomic E-state index is 0.218. The number of hydrogen-bond donors (Lipinski definition) is 1. The zero-order valence-electron chi connectivity index (χ0n) is 7.32. The maximum Gasteiger partial charge on any atom is 0.223 e. The molecular weight excluding hydrogens is 184 g/mol. The van der Waals surface area contributed by atoms with Crippen molar-refractivity contribution in [1.82, 2.24) is 10.3 Å². The summed E-state index contributed by atoms with van der Waals surface area (Å²) < 4.78 is 0. The molecule has 13 heavy (non-hydrogen) atoms. The Morgan fingerprint density at radius 1 is 1.69 bits per heavy atom. The summed E-state index contributed by atoms with van der Waals surface area (Å²) in [5.41, 5.74) is 2.89. The largest absolute Gasteiger partial charge is 0.355 e. The average molecular weight is 196 g/mol. The lowest BCUT2D eigenvalue weighted by Gasteiger charge is -2.01. The van der Waals surface area contributed by atoms with Gasteiger partial charge < -0.3 is 5.32 Å². The highest BCUT2D eigenvalue weighted by Gasteiger charge is 2.28. The van der Waals surface area contributed by atoms with Crippen molar-refractivity contribution in [3.63, 3.8) is 0 Å². The van der Waals surface area contributed by atoms with Crippen molar-refractivity contribution in [2.45, 2.75) is 19.3 Å². The van der Waals surface area contributed by atoms with Crippen molar-refractivity contribution in [1.29, 1.82) is 0 Å². The van der Waals surface area contributed by atoms with Crippen molar-refractivity contribution in [2.24, 2.45) is 5.92 Å². The molecule has 0 atom stereocenters. The standard InChI is InChI=1S/C9H12N2OS/c12-9(7-1-2-7)10-4-3-8-5-13-6-11-8/h5-7H,1-4H2,(H,10,12). The highest BCUT2D eigenvalue weighted by atomic mass is 32.1. The predicted molar refractivity (Wildman–Crippen MR) is 51.6 cm³/mol. The van der Waals surface area contributed by atoms with Crippen LogP contribution in [-0.2, 0) is 11.2 Å². The number of carbonyl (C=O) groups is 1. The fourth-order valence-corrected chi connectivity index (χ4v) is 1.76. The van der Waals surface area contributed by atoms with Crippen LogP contribution >= 0.6 is 11.3 Å². The number of hydrogen-bond acceptors (Lipinski definition) is 3. The van der Waals surface area contributed by atoms with Crippen LogP contribution in [0.15, 0.2) is 10.9 Å². The molecule has 0 aromatic carbocycles. The van der Waals surface area contributed by atoms with Crippen molar-refractivity contribution < 1.29 is 4.79 Å². The van der Waals surface area contributed by atoms with Gasteiger partial charge in [0.25, 0.3) is 0 Å². The van der Waals surface area contributed by atoms with Crippen LogP contribution in [0.2, 0.25) is 0 Å². The lowest BCUT2D eigenvalue weighted by molar-refractivity contribution is -0.122. The maximum atomic E-state index is 11.2. The van der Waals surface area contributed by atoms with Gasteiger partial charge in [0.2, 0.25) is 5.91 Å². The van der Waals surface area contributed by atoms with Gasteiger partial charge in [0.05, 0.1) is 11.2 Å². The van der Waals surface area contributed by atoms with Crippen LogP contribution in [0.3, 0.4) is 0 Å². The third kappa shape index (κ3) is 2.52. The van der Waals surface area contributed by atoms with Crippen molar-refractivity contribution in [3.8, 4) is 0 Å².